The average molecular weight is 297 g/mol. The summed E-state index contributed by atoms with van der Waals surface area (Å²) in [5.74, 6) is -2.23. The first-order valence-electron chi connectivity index (χ1n) is 5.84. The monoisotopic (exact) mass is 297 g/mol. The Morgan fingerprint density at radius 3 is 2.30 bits per heavy atom. The molecule has 0 radical (unpaired) electrons. The Kier molecular flexibility index (Phi) is 3.99. The van der Waals surface area contributed by atoms with Crippen molar-refractivity contribution in [2.24, 2.45) is 0 Å². The van der Waals surface area contributed by atoms with Gasteiger partial charge in [0.1, 0.15) is 17.3 Å². The molecular formula is C13H13F2N3OS. The smallest absolute Gasteiger partial charge is 0.257 e. The Bertz CT molecular complexity index is 627. The molecule has 1 aromatic carbocycles. The maximum Gasteiger partial charge on any atom is 0.257 e. The van der Waals surface area contributed by atoms with Gasteiger partial charge >= 0.3 is 0 Å². The van der Waals surface area contributed by atoms with Crippen molar-refractivity contribution in [3.63, 3.8) is 0 Å². The van der Waals surface area contributed by atoms with Gasteiger partial charge in [0.25, 0.3) is 5.91 Å². The number of benzene rings is 1. The van der Waals surface area contributed by atoms with Crippen LogP contribution in [-0.4, -0.2) is 17.9 Å². The third kappa shape index (κ3) is 2.77. The Labute approximate surface area is 118 Å². The van der Waals surface area contributed by atoms with Crippen LogP contribution in [0.4, 0.5) is 19.6 Å². The summed E-state index contributed by atoms with van der Waals surface area (Å²) in [5, 5.41) is 5.33. The number of aromatic nitrogens is 1. The van der Waals surface area contributed by atoms with Gasteiger partial charge in [-0.25, -0.2) is 13.8 Å². The topological polar surface area (TPSA) is 54.0 Å². The standard InChI is InChI=1S/C13H13F2N3OS/c1-6-7(2)20-13(17-6)18-12(19)8-4-9(14)11(16-3)10(15)5-8/h4-5,16H,1-3H3,(H,17,18,19). The number of nitrogens with one attached hydrogen (secondary N) is 2. The number of anilines is 2. The summed E-state index contributed by atoms with van der Waals surface area (Å²) in [7, 11) is 1.41. The van der Waals surface area contributed by atoms with Crippen molar-refractivity contribution in [2.75, 3.05) is 17.7 Å². The van der Waals surface area contributed by atoms with Crippen LogP contribution in [0.1, 0.15) is 20.9 Å². The largest absolute Gasteiger partial charge is 0.383 e. The number of carbonyl (C=O) groups is 1. The normalized spacial score (nSPS) is 10.4. The zero-order chi connectivity index (χ0) is 14.9. The molecule has 1 heterocycles. The molecule has 2 aromatic rings. The van der Waals surface area contributed by atoms with Crippen molar-refractivity contribution in [3.8, 4) is 0 Å². The Morgan fingerprint density at radius 2 is 1.85 bits per heavy atom. The van der Waals surface area contributed by atoms with Crippen LogP contribution in [0.25, 0.3) is 0 Å². The molecule has 0 aliphatic heterocycles. The van der Waals surface area contributed by atoms with Crippen LogP contribution in [0.15, 0.2) is 12.1 Å². The second-order valence-corrected chi connectivity index (χ2v) is 5.38. The zero-order valence-corrected chi connectivity index (χ0v) is 12.0. The zero-order valence-electron chi connectivity index (χ0n) is 11.2. The number of hydrogen-bond donors (Lipinski definition) is 2. The third-order valence-electron chi connectivity index (χ3n) is 2.80. The molecule has 0 bridgehead atoms. The van der Waals surface area contributed by atoms with Gasteiger partial charge in [-0.1, -0.05) is 0 Å². The highest BCUT2D eigenvalue weighted by atomic mass is 32.1. The molecule has 2 N–H and O–H groups in total. The van der Waals surface area contributed by atoms with Crippen molar-refractivity contribution in [1.29, 1.82) is 0 Å². The van der Waals surface area contributed by atoms with E-state index < -0.39 is 17.5 Å². The summed E-state index contributed by atoms with van der Waals surface area (Å²) in [6.45, 7) is 3.70. The summed E-state index contributed by atoms with van der Waals surface area (Å²) < 4.78 is 27.2. The maximum atomic E-state index is 13.6. The lowest BCUT2D eigenvalue weighted by atomic mass is 10.1. The molecule has 1 aromatic heterocycles. The Morgan fingerprint density at radius 1 is 1.25 bits per heavy atom. The molecule has 0 saturated heterocycles. The van der Waals surface area contributed by atoms with Crippen molar-refractivity contribution < 1.29 is 13.6 Å². The van der Waals surface area contributed by atoms with E-state index >= 15 is 0 Å². The van der Waals surface area contributed by atoms with E-state index in [1.807, 2.05) is 13.8 Å². The summed E-state index contributed by atoms with van der Waals surface area (Å²) in [6.07, 6.45) is 0. The van der Waals surface area contributed by atoms with Gasteiger partial charge in [0.05, 0.1) is 5.69 Å². The number of hydrogen-bond acceptors (Lipinski definition) is 4. The van der Waals surface area contributed by atoms with Crippen molar-refractivity contribution in [1.82, 2.24) is 4.98 Å². The first-order chi connectivity index (χ1) is 9.42. The van der Waals surface area contributed by atoms with Crippen molar-refractivity contribution >= 4 is 28.1 Å². The van der Waals surface area contributed by atoms with Gasteiger partial charge in [0.2, 0.25) is 0 Å². The molecule has 1 amide bonds. The van der Waals surface area contributed by atoms with Crippen LogP contribution < -0.4 is 10.6 Å². The van der Waals surface area contributed by atoms with Gasteiger partial charge < -0.3 is 5.32 Å². The minimum Gasteiger partial charge on any atom is -0.383 e. The lowest BCUT2D eigenvalue weighted by Crippen LogP contribution is -2.13. The van der Waals surface area contributed by atoms with Crippen molar-refractivity contribution in [2.45, 2.75) is 13.8 Å². The van der Waals surface area contributed by atoms with E-state index in [9.17, 15) is 13.6 Å². The molecule has 0 spiro atoms. The van der Waals surface area contributed by atoms with Crippen LogP contribution in [0.5, 0.6) is 0 Å². The number of aryl methyl sites for hydroxylation is 2. The Balaban J connectivity index is 2.25. The molecule has 7 heteroatoms. The summed E-state index contributed by atoms with van der Waals surface area (Å²) in [6, 6.07) is 1.97. The number of carbonyl (C=O) groups excluding carboxylic acids is 1. The van der Waals surface area contributed by atoms with Crippen LogP contribution in [0.3, 0.4) is 0 Å². The molecule has 106 valence electrons. The Hall–Kier alpha value is -2.02. The molecule has 4 nitrogen and oxygen atoms in total. The van der Waals surface area contributed by atoms with Crippen molar-refractivity contribution in [3.05, 3.63) is 39.9 Å². The minimum atomic E-state index is -0.816. The molecule has 2 rings (SSSR count). The quantitative estimate of drug-likeness (QED) is 0.913. The van der Waals surface area contributed by atoms with E-state index in [1.165, 1.54) is 18.4 Å². The van der Waals surface area contributed by atoms with Crippen LogP contribution in [-0.2, 0) is 0 Å². The third-order valence-corrected chi connectivity index (χ3v) is 3.79. The predicted octanol–water partition coefficient (Wildman–Crippen LogP) is 3.33. The number of amides is 1. The molecule has 20 heavy (non-hydrogen) atoms. The highest BCUT2D eigenvalue weighted by molar-refractivity contribution is 7.15. The first-order valence-corrected chi connectivity index (χ1v) is 6.66. The fraction of sp³-hybridized carbons (Fsp3) is 0.231. The highest BCUT2D eigenvalue weighted by Crippen LogP contribution is 2.23. The first kappa shape index (κ1) is 14.4. The van der Waals surface area contributed by atoms with Crippen LogP contribution in [0, 0.1) is 25.5 Å². The average Bonchev–Trinajstić information content (AvgIpc) is 2.67. The number of thiazole rings is 1. The molecule has 0 fully saturated rings. The second-order valence-electron chi connectivity index (χ2n) is 4.18. The van der Waals surface area contributed by atoms with Gasteiger partial charge in [-0.15, -0.1) is 11.3 Å². The SMILES string of the molecule is CNc1c(F)cc(C(=O)Nc2nc(C)c(C)s2)cc1F. The van der Waals surface area contributed by atoms with Gasteiger partial charge in [-0.3, -0.25) is 10.1 Å². The lowest BCUT2D eigenvalue weighted by molar-refractivity contribution is 0.102. The van der Waals surface area contributed by atoms with E-state index in [0.29, 0.717) is 5.13 Å². The fourth-order valence-corrected chi connectivity index (χ4v) is 2.45. The molecule has 0 atom stereocenters. The molecule has 0 unspecified atom stereocenters. The van der Waals surface area contributed by atoms with Gasteiger partial charge in [-0.05, 0) is 26.0 Å². The number of nitrogens with zero attached hydrogens (tertiary/aromatic N) is 1. The van der Waals surface area contributed by atoms with Crippen LogP contribution >= 0.6 is 11.3 Å². The van der Waals surface area contributed by atoms with E-state index in [2.05, 4.69) is 15.6 Å². The molecule has 0 aliphatic rings. The lowest BCUT2D eigenvalue weighted by Gasteiger charge is -2.07. The van der Waals surface area contributed by atoms with E-state index in [0.717, 1.165) is 22.7 Å². The highest BCUT2D eigenvalue weighted by Gasteiger charge is 2.15. The van der Waals surface area contributed by atoms with Crippen LogP contribution in [0.2, 0.25) is 0 Å². The van der Waals surface area contributed by atoms with Gasteiger partial charge in [0.15, 0.2) is 5.13 Å². The summed E-state index contributed by atoms with van der Waals surface area (Å²) in [5.41, 5.74) is 0.459. The second kappa shape index (κ2) is 5.54. The van der Waals surface area contributed by atoms with Gasteiger partial charge in [0, 0.05) is 17.5 Å². The van der Waals surface area contributed by atoms with Gasteiger partial charge in [-0.2, -0.15) is 0 Å². The van der Waals surface area contributed by atoms with E-state index in [4.69, 9.17) is 0 Å². The molecular weight excluding hydrogens is 284 g/mol. The summed E-state index contributed by atoms with van der Waals surface area (Å²) in [4.78, 5) is 17.1. The minimum absolute atomic E-state index is 0.0930. The van der Waals surface area contributed by atoms with E-state index in [-0.39, 0.29) is 11.3 Å². The van der Waals surface area contributed by atoms with E-state index in [1.54, 1.807) is 0 Å². The number of rotatable bonds is 3. The number of halogens is 2. The fourth-order valence-electron chi connectivity index (χ4n) is 1.64. The summed E-state index contributed by atoms with van der Waals surface area (Å²) >= 11 is 1.31. The molecule has 0 saturated carbocycles. The maximum absolute atomic E-state index is 13.6. The molecule has 0 aliphatic carbocycles. The predicted molar refractivity (Wildman–Crippen MR) is 75.4 cm³/mol.